The van der Waals surface area contributed by atoms with Crippen LogP contribution in [-0.4, -0.2) is 34.1 Å². The van der Waals surface area contributed by atoms with Gasteiger partial charge >= 0.3 is 0 Å². The van der Waals surface area contributed by atoms with Crippen LogP contribution in [0.25, 0.3) is 0 Å². The Hall–Kier alpha value is -2.45. The van der Waals surface area contributed by atoms with Crippen molar-refractivity contribution >= 4 is 21.6 Å². The fourth-order valence-corrected chi connectivity index (χ4v) is 3.43. The van der Waals surface area contributed by atoms with Crippen molar-refractivity contribution in [2.24, 2.45) is 0 Å². The van der Waals surface area contributed by atoms with Gasteiger partial charge in [0, 0.05) is 25.3 Å². The predicted molar refractivity (Wildman–Crippen MR) is 106 cm³/mol. The van der Waals surface area contributed by atoms with E-state index in [0.717, 1.165) is 19.4 Å². The highest BCUT2D eigenvalue weighted by molar-refractivity contribution is 7.92. The molecule has 0 atom stereocenters. The highest BCUT2D eigenvalue weighted by Crippen LogP contribution is 2.19. The van der Waals surface area contributed by atoms with E-state index in [2.05, 4.69) is 17.0 Å². The second kappa shape index (κ2) is 10.8. The molecular weight excluding hydrogens is 383 g/mol. The summed E-state index contributed by atoms with van der Waals surface area (Å²) in [6.45, 7) is 3.87. The summed E-state index contributed by atoms with van der Waals surface area (Å²) in [6.07, 6.45) is 2.81. The van der Waals surface area contributed by atoms with E-state index in [-0.39, 0.29) is 16.5 Å². The van der Waals surface area contributed by atoms with Gasteiger partial charge < -0.3 is 10.1 Å². The van der Waals surface area contributed by atoms with Crippen LogP contribution in [0.4, 0.5) is 10.1 Å². The standard InChI is InChI=1S/C20H25FN2O4S/c1-2-3-14-27-15-6-13-22-20(24)16-9-11-17(12-10-16)28(25,26)23-19-8-5-4-7-18(19)21/h4-5,7-12,23H,2-3,6,13-15H2,1H3,(H,22,24). The lowest BCUT2D eigenvalue weighted by atomic mass is 10.2. The molecule has 0 heterocycles. The minimum absolute atomic E-state index is 0.0587. The molecule has 6 nitrogen and oxygen atoms in total. The van der Waals surface area contributed by atoms with Gasteiger partial charge in [-0.05, 0) is 49.2 Å². The van der Waals surface area contributed by atoms with Crippen molar-refractivity contribution < 1.29 is 22.3 Å². The Morgan fingerprint density at radius 2 is 1.71 bits per heavy atom. The molecule has 0 radical (unpaired) electrons. The van der Waals surface area contributed by atoms with E-state index in [0.29, 0.717) is 25.1 Å². The summed E-state index contributed by atoms with van der Waals surface area (Å²) in [5.41, 5.74) is 0.210. The first kappa shape index (κ1) is 21.8. The number of hydrogen-bond donors (Lipinski definition) is 2. The van der Waals surface area contributed by atoms with Gasteiger partial charge in [-0.1, -0.05) is 25.5 Å². The molecule has 2 aromatic carbocycles. The van der Waals surface area contributed by atoms with E-state index < -0.39 is 15.8 Å². The molecule has 0 saturated carbocycles. The lowest BCUT2D eigenvalue weighted by molar-refractivity contribution is 0.0940. The summed E-state index contributed by atoms with van der Waals surface area (Å²) in [4.78, 5) is 12.1. The first-order chi connectivity index (χ1) is 13.4. The molecule has 0 saturated heterocycles. The molecule has 0 unspecified atom stereocenters. The van der Waals surface area contributed by atoms with Gasteiger partial charge in [0.1, 0.15) is 5.82 Å². The minimum Gasteiger partial charge on any atom is -0.381 e. The lowest BCUT2D eigenvalue weighted by Gasteiger charge is -2.10. The van der Waals surface area contributed by atoms with Gasteiger partial charge in [-0.3, -0.25) is 9.52 Å². The zero-order valence-corrected chi connectivity index (χ0v) is 16.6. The van der Waals surface area contributed by atoms with Gasteiger partial charge in [0.25, 0.3) is 15.9 Å². The van der Waals surface area contributed by atoms with Crippen molar-refractivity contribution in [3.8, 4) is 0 Å². The number of anilines is 1. The zero-order chi connectivity index (χ0) is 20.4. The maximum absolute atomic E-state index is 13.7. The molecule has 0 aliphatic heterocycles. The third-order valence-corrected chi connectivity index (χ3v) is 5.32. The van der Waals surface area contributed by atoms with E-state index in [4.69, 9.17) is 4.74 Å². The van der Waals surface area contributed by atoms with Crippen LogP contribution in [-0.2, 0) is 14.8 Å². The largest absolute Gasteiger partial charge is 0.381 e. The van der Waals surface area contributed by atoms with E-state index >= 15 is 0 Å². The van der Waals surface area contributed by atoms with Gasteiger partial charge in [-0.15, -0.1) is 0 Å². The molecule has 0 bridgehead atoms. The number of carbonyl (C=O) groups excluding carboxylic acids is 1. The Kier molecular flexibility index (Phi) is 8.41. The number of hydrogen-bond acceptors (Lipinski definition) is 4. The van der Waals surface area contributed by atoms with Gasteiger partial charge in [-0.25, -0.2) is 12.8 Å². The number of benzene rings is 2. The van der Waals surface area contributed by atoms with Crippen LogP contribution < -0.4 is 10.0 Å². The third kappa shape index (κ3) is 6.61. The van der Waals surface area contributed by atoms with Gasteiger partial charge in [0.05, 0.1) is 10.6 Å². The molecule has 0 fully saturated rings. The topological polar surface area (TPSA) is 84.5 Å². The number of para-hydroxylation sites is 1. The smallest absolute Gasteiger partial charge is 0.261 e. The number of ether oxygens (including phenoxy) is 1. The molecule has 0 aliphatic rings. The fourth-order valence-electron chi connectivity index (χ4n) is 2.36. The summed E-state index contributed by atoms with van der Waals surface area (Å²) in [6, 6.07) is 11.0. The monoisotopic (exact) mass is 408 g/mol. The Morgan fingerprint density at radius 3 is 2.39 bits per heavy atom. The quantitative estimate of drug-likeness (QED) is 0.557. The van der Waals surface area contributed by atoms with Gasteiger partial charge in [-0.2, -0.15) is 0 Å². The predicted octanol–water partition coefficient (Wildman–Crippen LogP) is 3.56. The number of unbranched alkanes of at least 4 members (excludes halogenated alkanes) is 1. The van der Waals surface area contributed by atoms with Crippen LogP contribution >= 0.6 is 0 Å². The first-order valence-corrected chi connectivity index (χ1v) is 10.7. The number of rotatable bonds is 11. The maximum atomic E-state index is 13.7. The molecule has 152 valence electrons. The second-order valence-corrected chi connectivity index (χ2v) is 7.87. The van der Waals surface area contributed by atoms with Crippen LogP contribution in [0.5, 0.6) is 0 Å². The summed E-state index contributed by atoms with van der Waals surface area (Å²) in [7, 11) is -3.95. The molecule has 0 spiro atoms. The zero-order valence-electron chi connectivity index (χ0n) is 15.8. The number of sulfonamides is 1. The summed E-state index contributed by atoms with van der Waals surface area (Å²) >= 11 is 0. The van der Waals surface area contributed by atoms with Crippen LogP contribution in [0.15, 0.2) is 53.4 Å². The molecule has 8 heteroatoms. The van der Waals surface area contributed by atoms with Crippen LogP contribution in [0.2, 0.25) is 0 Å². The summed E-state index contributed by atoms with van der Waals surface area (Å²) < 4.78 is 46.0. The van der Waals surface area contributed by atoms with E-state index in [1.54, 1.807) is 0 Å². The molecule has 0 aliphatic carbocycles. The number of carbonyl (C=O) groups is 1. The number of amides is 1. The molecular formula is C20H25FN2O4S. The third-order valence-electron chi connectivity index (χ3n) is 3.94. The number of halogens is 1. The molecule has 2 N–H and O–H groups in total. The average Bonchev–Trinajstić information content (AvgIpc) is 2.69. The Morgan fingerprint density at radius 1 is 1.04 bits per heavy atom. The Bertz CT molecular complexity index is 870. The van der Waals surface area contributed by atoms with E-state index in [1.807, 2.05) is 0 Å². The highest BCUT2D eigenvalue weighted by Gasteiger charge is 2.16. The van der Waals surface area contributed by atoms with Crippen LogP contribution in [0, 0.1) is 5.82 Å². The van der Waals surface area contributed by atoms with Crippen molar-refractivity contribution in [2.75, 3.05) is 24.5 Å². The van der Waals surface area contributed by atoms with E-state index in [1.165, 1.54) is 48.5 Å². The molecule has 1 amide bonds. The van der Waals surface area contributed by atoms with Crippen molar-refractivity contribution in [3.63, 3.8) is 0 Å². The SMILES string of the molecule is CCCCOCCCNC(=O)c1ccc(S(=O)(=O)Nc2ccccc2F)cc1. The lowest BCUT2D eigenvalue weighted by Crippen LogP contribution is -2.25. The van der Waals surface area contributed by atoms with Crippen molar-refractivity contribution in [2.45, 2.75) is 31.1 Å². The summed E-state index contributed by atoms with van der Waals surface area (Å²) in [5, 5.41) is 2.76. The van der Waals surface area contributed by atoms with Gasteiger partial charge in [0.15, 0.2) is 0 Å². The minimum atomic E-state index is -3.95. The van der Waals surface area contributed by atoms with Crippen molar-refractivity contribution in [1.29, 1.82) is 0 Å². The van der Waals surface area contributed by atoms with Crippen molar-refractivity contribution in [3.05, 3.63) is 59.9 Å². The highest BCUT2D eigenvalue weighted by atomic mass is 32.2. The number of nitrogens with one attached hydrogen (secondary N) is 2. The molecule has 2 rings (SSSR count). The Balaban J connectivity index is 1.88. The van der Waals surface area contributed by atoms with Crippen LogP contribution in [0.3, 0.4) is 0 Å². The Labute approximate surface area is 165 Å². The average molecular weight is 408 g/mol. The van der Waals surface area contributed by atoms with Crippen molar-refractivity contribution in [1.82, 2.24) is 5.32 Å². The summed E-state index contributed by atoms with van der Waals surface area (Å²) in [5.74, 6) is -0.958. The molecule has 0 aromatic heterocycles. The van der Waals surface area contributed by atoms with E-state index in [9.17, 15) is 17.6 Å². The second-order valence-electron chi connectivity index (χ2n) is 6.19. The molecule has 2 aromatic rings. The fraction of sp³-hybridized carbons (Fsp3) is 0.350. The first-order valence-electron chi connectivity index (χ1n) is 9.17. The normalized spacial score (nSPS) is 11.2. The van der Waals surface area contributed by atoms with Gasteiger partial charge in [0.2, 0.25) is 0 Å². The van der Waals surface area contributed by atoms with Crippen LogP contribution in [0.1, 0.15) is 36.5 Å². The maximum Gasteiger partial charge on any atom is 0.261 e. The molecule has 28 heavy (non-hydrogen) atoms.